The first kappa shape index (κ1) is 26.7. The van der Waals surface area contributed by atoms with Crippen LogP contribution in [0.4, 0.5) is 17.6 Å². The van der Waals surface area contributed by atoms with Crippen molar-refractivity contribution in [3.05, 3.63) is 73.9 Å². The van der Waals surface area contributed by atoms with Crippen LogP contribution in [0, 0.1) is 5.82 Å². The fraction of sp³-hybridized carbons (Fsp3) is 0.273. The second-order valence-corrected chi connectivity index (χ2v) is 7.60. The molecule has 3 rings (SSSR count). The number of carbonyl (C=O) groups is 1. The van der Waals surface area contributed by atoms with E-state index in [0.29, 0.717) is 6.07 Å². The van der Waals surface area contributed by atoms with E-state index < -0.39 is 46.7 Å². The Labute approximate surface area is 205 Å². The summed E-state index contributed by atoms with van der Waals surface area (Å²) < 4.78 is 70.5. The quantitative estimate of drug-likeness (QED) is 0.337. The topological polar surface area (TPSA) is 102 Å². The van der Waals surface area contributed by atoms with E-state index in [-0.39, 0.29) is 44.2 Å². The molecule has 2 heterocycles. The van der Waals surface area contributed by atoms with Crippen molar-refractivity contribution in [2.75, 3.05) is 6.61 Å². The second kappa shape index (κ2) is 10.4. The first-order valence-corrected chi connectivity index (χ1v) is 10.6. The summed E-state index contributed by atoms with van der Waals surface area (Å²) in [6, 6.07) is 4.57. The Kier molecular flexibility index (Phi) is 7.72. The van der Waals surface area contributed by atoms with Crippen LogP contribution in [0.3, 0.4) is 0 Å². The molecule has 1 unspecified atom stereocenters. The molecule has 14 heteroatoms. The third-order valence-electron chi connectivity index (χ3n) is 4.72. The van der Waals surface area contributed by atoms with Gasteiger partial charge in [-0.05, 0) is 32.0 Å². The molecule has 0 saturated heterocycles. The predicted octanol–water partition coefficient (Wildman–Crippen LogP) is 3.87. The molecule has 0 aliphatic heterocycles. The van der Waals surface area contributed by atoms with E-state index in [4.69, 9.17) is 25.8 Å². The summed E-state index contributed by atoms with van der Waals surface area (Å²) in [4.78, 5) is 40.8. The van der Waals surface area contributed by atoms with Gasteiger partial charge in [0, 0.05) is 25.4 Å². The van der Waals surface area contributed by atoms with Gasteiger partial charge in [0.05, 0.1) is 17.3 Å². The minimum absolute atomic E-state index is 0.0826. The minimum Gasteiger partial charge on any atom is -0.463 e. The number of rotatable bonds is 7. The molecule has 0 aliphatic carbocycles. The zero-order valence-corrected chi connectivity index (χ0v) is 19.7. The van der Waals surface area contributed by atoms with Crippen molar-refractivity contribution in [3.8, 4) is 23.1 Å². The summed E-state index contributed by atoms with van der Waals surface area (Å²) in [6.07, 6.45) is -4.73. The van der Waals surface area contributed by atoms with Crippen LogP contribution in [-0.4, -0.2) is 32.8 Å². The van der Waals surface area contributed by atoms with Crippen LogP contribution in [0.25, 0.3) is 5.69 Å². The number of aromatic nitrogens is 3. The van der Waals surface area contributed by atoms with Crippen LogP contribution in [0.2, 0.25) is 5.02 Å². The van der Waals surface area contributed by atoms with Crippen molar-refractivity contribution in [3.63, 3.8) is 0 Å². The molecule has 192 valence electrons. The third-order valence-corrected chi connectivity index (χ3v) is 5.01. The lowest BCUT2D eigenvalue weighted by atomic mass is 10.2. The van der Waals surface area contributed by atoms with Crippen molar-refractivity contribution in [2.45, 2.75) is 26.1 Å². The van der Waals surface area contributed by atoms with Crippen molar-refractivity contribution in [2.24, 2.45) is 7.05 Å². The average molecular weight is 532 g/mol. The minimum atomic E-state index is -4.99. The zero-order chi connectivity index (χ0) is 26.8. The second-order valence-electron chi connectivity index (χ2n) is 7.20. The normalized spacial score (nSPS) is 12.2. The summed E-state index contributed by atoms with van der Waals surface area (Å²) >= 11 is 6.06. The number of halogens is 5. The number of carbonyl (C=O) groups excluding carboxylic acids is 1. The van der Waals surface area contributed by atoms with Gasteiger partial charge in [-0.3, -0.25) is 9.36 Å². The van der Waals surface area contributed by atoms with E-state index in [9.17, 15) is 31.9 Å². The molecule has 0 spiro atoms. The summed E-state index contributed by atoms with van der Waals surface area (Å²) in [5.41, 5.74) is -5.09. The first-order valence-electron chi connectivity index (χ1n) is 10.2. The molecule has 0 N–H and O–H groups in total. The molecule has 0 saturated carbocycles. The lowest BCUT2D eigenvalue weighted by molar-refractivity contribution is -0.150. The van der Waals surface area contributed by atoms with Crippen molar-refractivity contribution in [1.29, 1.82) is 0 Å². The molecule has 3 aromatic rings. The smallest absolute Gasteiger partial charge is 0.431 e. The molecule has 1 aromatic carbocycles. The van der Waals surface area contributed by atoms with E-state index >= 15 is 0 Å². The van der Waals surface area contributed by atoms with Gasteiger partial charge in [0.1, 0.15) is 17.3 Å². The summed E-state index contributed by atoms with van der Waals surface area (Å²) in [7, 11) is 0.788. The lowest BCUT2D eigenvalue weighted by Crippen LogP contribution is -2.41. The fourth-order valence-corrected chi connectivity index (χ4v) is 3.21. The van der Waals surface area contributed by atoms with Gasteiger partial charge >= 0.3 is 17.8 Å². The summed E-state index contributed by atoms with van der Waals surface area (Å²) in [5, 5.41) is -0.304. The zero-order valence-electron chi connectivity index (χ0n) is 18.9. The SMILES string of the molecule is CCOC(=O)C(C)Oc1ncccc1Oc1cc(-n2c(=O)cc(C(F)(F)F)n(C)c2=O)c(F)cc1Cl. The van der Waals surface area contributed by atoms with Crippen LogP contribution in [0.15, 0.2) is 46.1 Å². The van der Waals surface area contributed by atoms with E-state index in [1.54, 1.807) is 6.92 Å². The Balaban J connectivity index is 2.06. The molecule has 9 nitrogen and oxygen atoms in total. The number of nitrogens with zero attached hydrogens (tertiary/aromatic N) is 3. The first-order chi connectivity index (χ1) is 16.8. The number of alkyl halides is 3. The molecule has 0 amide bonds. The van der Waals surface area contributed by atoms with Gasteiger partial charge in [0.15, 0.2) is 11.9 Å². The predicted molar refractivity (Wildman–Crippen MR) is 118 cm³/mol. The van der Waals surface area contributed by atoms with E-state index in [2.05, 4.69) is 4.98 Å². The summed E-state index contributed by atoms with van der Waals surface area (Å²) in [5.74, 6) is -2.38. The number of pyridine rings is 1. The molecule has 1 atom stereocenters. The molecular formula is C22H18ClF4N3O6. The van der Waals surface area contributed by atoms with Crippen LogP contribution in [0.5, 0.6) is 17.4 Å². The molecule has 36 heavy (non-hydrogen) atoms. The van der Waals surface area contributed by atoms with Gasteiger partial charge in [0.2, 0.25) is 0 Å². The van der Waals surface area contributed by atoms with E-state index in [1.165, 1.54) is 25.3 Å². The van der Waals surface area contributed by atoms with Gasteiger partial charge in [-0.25, -0.2) is 23.5 Å². The van der Waals surface area contributed by atoms with Crippen LogP contribution >= 0.6 is 11.6 Å². The van der Waals surface area contributed by atoms with Crippen molar-refractivity contribution < 1.29 is 36.6 Å². The molecule has 0 bridgehead atoms. The largest absolute Gasteiger partial charge is 0.463 e. The number of benzene rings is 1. The van der Waals surface area contributed by atoms with Gasteiger partial charge in [-0.1, -0.05) is 11.6 Å². The maximum absolute atomic E-state index is 14.7. The summed E-state index contributed by atoms with van der Waals surface area (Å²) in [6.45, 7) is 3.14. The Bertz CT molecular complexity index is 1420. The fourth-order valence-electron chi connectivity index (χ4n) is 3.02. The van der Waals surface area contributed by atoms with E-state index in [1.807, 2.05) is 0 Å². The maximum atomic E-state index is 14.7. The highest BCUT2D eigenvalue weighted by molar-refractivity contribution is 6.32. The maximum Gasteiger partial charge on any atom is 0.431 e. The van der Waals surface area contributed by atoms with Gasteiger partial charge in [-0.2, -0.15) is 13.2 Å². The molecular weight excluding hydrogens is 514 g/mol. The molecule has 0 fully saturated rings. The van der Waals surface area contributed by atoms with Crippen LogP contribution in [-0.2, 0) is 22.8 Å². The van der Waals surface area contributed by atoms with Crippen molar-refractivity contribution >= 4 is 17.6 Å². The van der Waals surface area contributed by atoms with Gasteiger partial charge in [0.25, 0.3) is 11.4 Å². The Morgan fingerprint density at radius 1 is 1.19 bits per heavy atom. The highest BCUT2D eigenvalue weighted by Gasteiger charge is 2.35. The average Bonchev–Trinajstić information content (AvgIpc) is 2.79. The number of hydrogen-bond acceptors (Lipinski definition) is 7. The molecule has 2 aromatic heterocycles. The number of ether oxygens (including phenoxy) is 3. The number of hydrogen-bond donors (Lipinski definition) is 0. The molecule has 0 radical (unpaired) electrons. The van der Waals surface area contributed by atoms with Gasteiger partial charge in [-0.15, -0.1) is 0 Å². The molecule has 0 aliphatic rings. The third kappa shape index (κ3) is 5.51. The van der Waals surface area contributed by atoms with Crippen LogP contribution < -0.4 is 20.7 Å². The van der Waals surface area contributed by atoms with E-state index in [0.717, 1.165) is 13.1 Å². The number of esters is 1. The lowest BCUT2D eigenvalue weighted by Gasteiger charge is -2.17. The highest BCUT2D eigenvalue weighted by atomic mass is 35.5. The Morgan fingerprint density at radius 3 is 2.53 bits per heavy atom. The van der Waals surface area contributed by atoms with Gasteiger partial charge < -0.3 is 14.2 Å². The Hall–Kier alpha value is -3.87. The highest BCUT2D eigenvalue weighted by Crippen LogP contribution is 2.36. The standard InChI is InChI=1S/C22H18ClF4N3O6/c1-4-34-20(32)11(2)35-19-15(6-5-7-28-19)36-16-9-14(13(24)8-12(16)23)30-18(31)10-17(22(25,26)27)29(3)21(30)33/h5-11H,4H2,1-3H3. The Morgan fingerprint density at radius 2 is 1.89 bits per heavy atom. The monoisotopic (exact) mass is 531 g/mol. The van der Waals surface area contributed by atoms with Crippen molar-refractivity contribution in [1.82, 2.24) is 14.1 Å². The van der Waals surface area contributed by atoms with Crippen LogP contribution in [0.1, 0.15) is 19.5 Å².